The summed E-state index contributed by atoms with van der Waals surface area (Å²) >= 11 is 0. The number of terminal acetylenes is 1. The minimum Gasteiger partial charge on any atom is -0.465 e. The van der Waals surface area contributed by atoms with E-state index in [4.69, 9.17) is 11.2 Å². The molecule has 3 heteroatoms. The van der Waals surface area contributed by atoms with Crippen LogP contribution in [0.5, 0.6) is 0 Å². The normalized spacial score (nSPS) is 40.4. The molecule has 0 saturated heterocycles. The Morgan fingerprint density at radius 3 is 2.82 bits per heavy atom. The largest absolute Gasteiger partial charge is 0.465 e. The third kappa shape index (κ3) is 1.58. The lowest BCUT2D eigenvalue weighted by Gasteiger charge is -2.47. The predicted molar refractivity (Wildman–Crippen MR) is 64.0 cm³/mol. The van der Waals surface area contributed by atoms with Crippen molar-refractivity contribution >= 4 is 5.97 Å². The lowest BCUT2D eigenvalue weighted by atomic mass is 9.60. The second-order valence-electron chi connectivity index (χ2n) is 5.19. The Kier molecular flexibility index (Phi) is 3.18. The number of ether oxygens (including phenoxy) is 1. The van der Waals surface area contributed by atoms with Crippen molar-refractivity contribution in [1.82, 2.24) is 0 Å². The van der Waals surface area contributed by atoms with E-state index in [1.165, 1.54) is 0 Å². The van der Waals surface area contributed by atoms with Crippen molar-refractivity contribution in [2.75, 3.05) is 6.61 Å². The Bertz CT molecular complexity index is 357. The van der Waals surface area contributed by atoms with Crippen molar-refractivity contribution < 1.29 is 14.6 Å². The monoisotopic (exact) mass is 236 g/mol. The van der Waals surface area contributed by atoms with Crippen LogP contribution < -0.4 is 0 Å². The first kappa shape index (κ1) is 12.4. The van der Waals surface area contributed by atoms with E-state index in [-0.39, 0.29) is 11.9 Å². The van der Waals surface area contributed by atoms with Crippen LogP contribution in [0.4, 0.5) is 0 Å². The molecule has 2 saturated carbocycles. The summed E-state index contributed by atoms with van der Waals surface area (Å²) in [6, 6.07) is 0. The number of esters is 1. The number of carbonyl (C=O) groups excluding carboxylic acids is 1. The standard InChI is InChI=1S/C14H20O3/c1-3-11-7-5-8-13(12(15)17-4-2)9-6-10-14(11,13)16/h1,11,16H,4-10H2,2H3/t11-,13-,14+/m1/s1. The molecule has 0 amide bonds. The molecule has 0 spiro atoms. The fraction of sp³-hybridized carbons (Fsp3) is 0.786. The summed E-state index contributed by atoms with van der Waals surface area (Å²) in [4.78, 5) is 12.2. The van der Waals surface area contributed by atoms with Crippen LogP contribution in [-0.2, 0) is 9.53 Å². The first-order valence-corrected chi connectivity index (χ1v) is 6.46. The summed E-state index contributed by atoms with van der Waals surface area (Å²) in [5.74, 6) is 2.22. The summed E-state index contributed by atoms with van der Waals surface area (Å²) in [6.45, 7) is 2.15. The van der Waals surface area contributed by atoms with Crippen molar-refractivity contribution in [3.05, 3.63) is 0 Å². The molecule has 2 rings (SSSR count). The fourth-order valence-corrected chi connectivity index (χ4v) is 3.68. The summed E-state index contributed by atoms with van der Waals surface area (Å²) in [6.07, 6.45) is 10.1. The van der Waals surface area contributed by atoms with Crippen LogP contribution >= 0.6 is 0 Å². The summed E-state index contributed by atoms with van der Waals surface area (Å²) < 4.78 is 5.18. The first-order valence-electron chi connectivity index (χ1n) is 6.46. The van der Waals surface area contributed by atoms with Gasteiger partial charge in [-0.05, 0) is 39.0 Å². The van der Waals surface area contributed by atoms with Gasteiger partial charge in [-0.25, -0.2) is 0 Å². The van der Waals surface area contributed by atoms with E-state index in [0.29, 0.717) is 25.9 Å². The summed E-state index contributed by atoms with van der Waals surface area (Å²) in [7, 11) is 0. The highest BCUT2D eigenvalue weighted by Gasteiger charge is 2.63. The third-order valence-corrected chi connectivity index (χ3v) is 4.53. The van der Waals surface area contributed by atoms with Crippen LogP contribution in [0, 0.1) is 23.7 Å². The number of hydrogen-bond donors (Lipinski definition) is 1. The van der Waals surface area contributed by atoms with Crippen molar-refractivity contribution in [3.63, 3.8) is 0 Å². The van der Waals surface area contributed by atoms with E-state index in [1.807, 2.05) is 0 Å². The number of carbonyl (C=O) groups is 1. The van der Waals surface area contributed by atoms with Gasteiger partial charge < -0.3 is 9.84 Å². The molecule has 0 aromatic rings. The summed E-state index contributed by atoms with van der Waals surface area (Å²) in [5, 5.41) is 10.9. The maximum absolute atomic E-state index is 12.2. The molecule has 0 aliphatic heterocycles. The molecule has 2 fully saturated rings. The van der Waals surface area contributed by atoms with Gasteiger partial charge in [0.05, 0.1) is 17.6 Å². The average Bonchev–Trinajstić information content (AvgIpc) is 2.67. The molecule has 3 atom stereocenters. The van der Waals surface area contributed by atoms with E-state index < -0.39 is 11.0 Å². The van der Waals surface area contributed by atoms with E-state index >= 15 is 0 Å². The van der Waals surface area contributed by atoms with Crippen molar-refractivity contribution in [2.24, 2.45) is 11.3 Å². The minimum absolute atomic E-state index is 0.205. The van der Waals surface area contributed by atoms with E-state index in [1.54, 1.807) is 6.92 Å². The molecule has 0 aromatic heterocycles. The molecular weight excluding hydrogens is 216 g/mol. The SMILES string of the molecule is C#C[C@@H]1CCC[C@]2(C(=O)OCC)CCC[C@]12O. The van der Waals surface area contributed by atoms with Crippen molar-refractivity contribution in [2.45, 2.75) is 51.0 Å². The Hall–Kier alpha value is -1.01. The Labute approximate surface area is 103 Å². The lowest BCUT2D eigenvalue weighted by molar-refractivity contribution is -0.182. The predicted octanol–water partition coefficient (Wildman–Crippen LogP) is 1.88. The van der Waals surface area contributed by atoms with E-state index in [2.05, 4.69) is 5.92 Å². The zero-order valence-electron chi connectivity index (χ0n) is 10.4. The number of hydrogen-bond acceptors (Lipinski definition) is 3. The molecular formula is C14H20O3. The quantitative estimate of drug-likeness (QED) is 0.588. The minimum atomic E-state index is -1.04. The van der Waals surface area contributed by atoms with Crippen LogP contribution in [0.25, 0.3) is 0 Å². The fourth-order valence-electron chi connectivity index (χ4n) is 3.68. The van der Waals surface area contributed by atoms with Crippen LogP contribution in [-0.4, -0.2) is 23.3 Å². The second kappa shape index (κ2) is 4.34. The molecule has 3 nitrogen and oxygen atoms in total. The average molecular weight is 236 g/mol. The van der Waals surface area contributed by atoms with Gasteiger partial charge in [-0.2, -0.15) is 0 Å². The van der Waals surface area contributed by atoms with Gasteiger partial charge in [0.25, 0.3) is 0 Å². The van der Waals surface area contributed by atoms with Gasteiger partial charge >= 0.3 is 5.97 Å². The lowest BCUT2D eigenvalue weighted by Crippen LogP contribution is -2.56. The van der Waals surface area contributed by atoms with Crippen molar-refractivity contribution in [3.8, 4) is 12.3 Å². The third-order valence-electron chi connectivity index (χ3n) is 4.53. The molecule has 94 valence electrons. The van der Waals surface area contributed by atoms with Gasteiger partial charge in [-0.3, -0.25) is 4.79 Å². The maximum atomic E-state index is 12.2. The van der Waals surface area contributed by atoms with E-state index in [0.717, 1.165) is 19.3 Å². The Morgan fingerprint density at radius 1 is 1.47 bits per heavy atom. The molecule has 0 radical (unpaired) electrons. The highest BCUT2D eigenvalue weighted by atomic mass is 16.5. The first-order chi connectivity index (χ1) is 8.10. The molecule has 0 aromatic carbocycles. The number of fused-ring (bicyclic) bond motifs is 1. The highest BCUT2D eigenvalue weighted by molar-refractivity contribution is 5.79. The Balaban J connectivity index is 2.36. The molecule has 2 aliphatic carbocycles. The maximum Gasteiger partial charge on any atom is 0.315 e. The molecule has 1 N–H and O–H groups in total. The van der Waals surface area contributed by atoms with Crippen LogP contribution in [0.3, 0.4) is 0 Å². The zero-order valence-corrected chi connectivity index (χ0v) is 10.4. The smallest absolute Gasteiger partial charge is 0.315 e. The molecule has 0 unspecified atom stereocenters. The summed E-state index contributed by atoms with van der Waals surface area (Å²) in [5.41, 5.74) is -1.77. The van der Waals surface area contributed by atoms with Gasteiger partial charge in [0.1, 0.15) is 0 Å². The molecule has 2 aliphatic rings. The van der Waals surface area contributed by atoms with Crippen molar-refractivity contribution in [1.29, 1.82) is 0 Å². The van der Waals surface area contributed by atoms with Gasteiger partial charge in [0.15, 0.2) is 0 Å². The molecule has 17 heavy (non-hydrogen) atoms. The highest BCUT2D eigenvalue weighted by Crippen LogP contribution is 2.57. The second-order valence-corrected chi connectivity index (χ2v) is 5.19. The van der Waals surface area contributed by atoms with E-state index in [9.17, 15) is 9.90 Å². The molecule has 0 heterocycles. The van der Waals surface area contributed by atoms with Gasteiger partial charge in [0.2, 0.25) is 0 Å². The zero-order chi connectivity index (χ0) is 12.5. The van der Waals surface area contributed by atoms with Gasteiger partial charge in [-0.15, -0.1) is 12.3 Å². The van der Waals surface area contributed by atoms with Gasteiger partial charge in [-0.1, -0.05) is 6.42 Å². The van der Waals surface area contributed by atoms with Crippen LogP contribution in [0.1, 0.15) is 45.4 Å². The topological polar surface area (TPSA) is 46.5 Å². The number of aliphatic hydroxyl groups is 1. The van der Waals surface area contributed by atoms with Gasteiger partial charge in [0, 0.05) is 5.92 Å². The number of rotatable bonds is 2. The van der Waals surface area contributed by atoms with Crippen LogP contribution in [0.2, 0.25) is 0 Å². The molecule has 0 bridgehead atoms. The Morgan fingerprint density at radius 2 is 2.18 bits per heavy atom. The van der Waals surface area contributed by atoms with Crippen LogP contribution in [0.15, 0.2) is 0 Å².